The lowest BCUT2D eigenvalue weighted by Crippen LogP contribution is -2.45. The number of hydrogen-bond donors (Lipinski definition) is 0. The zero-order valence-electron chi connectivity index (χ0n) is 21.7. The molecule has 0 amide bonds. The molecule has 194 valence electrons. The Balaban J connectivity index is 0.00000176. The fraction of sp³-hybridized carbons (Fsp3) is 0.357. The van der Waals surface area contributed by atoms with Gasteiger partial charge in [0.25, 0.3) is 0 Å². The molecule has 4 rings (SSSR count). The number of nitrogens with zero attached hydrogens (tertiary/aromatic N) is 3. The summed E-state index contributed by atoms with van der Waals surface area (Å²) in [6.45, 7) is 8.64. The van der Waals surface area contributed by atoms with Gasteiger partial charge in [-0.3, -0.25) is 9.21 Å². The van der Waals surface area contributed by atoms with E-state index in [1.807, 2.05) is 38.1 Å². The molecular formula is C28H36FN3O3S. The van der Waals surface area contributed by atoms with E-state index < -0.39 is 11.0 Å². The maximum absolute atomic E-state index is 13.5. The van der Waals surface area contributed by atoms with Gasteiger partial charge in [-0.05, 0) is 60.2 Å². The normalized spacial score (nSPS) is 14.4. The predicted molar refractivity (Wildman–Crippen MR) is 146 cm³/mol. The van der Waals surface area contributed by atoms with Crippen LogP contribution in [0.2, 0.25) is 0 Å². The average molecular weight is 514 g/mol. The van der Waals surface area contributed by atoms with Gasteiger partial charge in [0.05, 0.1) is 19.1 Å². The van der Waals surface area contributed by atoms with Gasteiger partial charge in [0.2, 0.25) is 0 Å². The highest BCUT2D eigenvalue weighted by molar-refractivity contribution is 7.86. The summed E-state index contributed by atoms with van der Waals surface area (Å²) in [7, 11) is 3.58. The van der Waals surface area contributed by atoms with Crippen molar-refractivity contribution in [2.24, 2.45) is 0 Å². The Morgan fingerprint density at radius 2 is 1.56 bits per heavy atom. The second-order valence-corrected chi connectivity index (χ2v) is 9.69. The Morgan fingerprint density at radius 1 is 0.889 bits per heavy atom. The van der Waals surface area contributed by atoms with Gasteiger partial charge in [0.15, 0.2) is 22.5 Å². The quantitative estimate of drug-likeness (QED) is 0.406. The molecule has 0 aliphatic carbocycles. The van der Waals surface area contributed by atoms with E-state index in [9.17, 15) is 8.60 Å². The van der Waals surface area contributed by atoms with Crippen LogP contribution in [0.1, 0.15) is 19.4 Å². The van der Waals surface area contributed by atoms with Crippen molar-refractivity contribution in [3.63, 3.8) is 0 Å². The van der Waals surface area contributed by atoms with Crippen molar-refractivity contribution in [1.82, 2.24) is 4.90 Å². The first kappa shape index (κ1) is 27.5. The first-order valence-electron chi connectivity index (χ1n) is 12.2. The van der Waals surface area contributed by atoms with Crippen LogP contribution < -0.4 is 18.7 Å². The van der Waals surface area contributed by atoms with Gasteiger partial charge >= 0.3 is 0 Å². The second-order valence-electron chi connectivity index (χ2n) is 8.17. The number of benzene rings is 3. The van der Waals surface area contributed by atoms with Crippen LogP contribution in [0.4, 0.5) is 15.8 Å². The van der Waals surface area contributed by atoms with E-state index in [4.69, 9.17) is 9.47 Å². The molecule has 0 saturated carbocycles. The predicted octanol–water partition coefficient (Wildman–Crippen LogP) is 5.35. The molecular weight excluding hydrogens is 477 g/mol. The molecule has 0 radical (unpaired) electrons. The highest BCUT2D eigenvalue weighted by atomic mass is 32.2. The third-order valence-corrected chi connectivity index (χ3v) is 7.42. The SMILES string of the molecule is CC.COc1ccc(CN2CCN(c3ccc(N(C)S(=O)c4cccc(F)c4)cc3)CC2)cc1OC. The van der Waals surface area contributed by atoms with Crippen LogP contribution in [0, 0.1) is 5.82 Å². The summed E-state index contributed by atoms with van der Waals surface area (Å²) >= 11 is 0. The first-order valence-corrected chi connectivity index (χ1v) is 13.3. The third-order valence-electron chi connectivity index (χ3n) is 6.05. The average Bonchev–Trinajstić information content (AvgIpc) is 2.93. The largest absolute Gasteiger partial charge is 0.493 e. The highest BCUT2D eigenvalue weighted by Crippen LogP contribution is 2.29. The number of rotatable bonds is 8. The summed E-state index contributed by atoms with van der Waals surface area (Å²) in [6.07, 6.45) is 0. The van der Waals surface area contributed by atoms with Crippen LogP contribution in [-0.4, -0.2) is 56.6 Å². The van der Waals surface area contributed by atoms with E-state index in [0.717, 1.165) is 55.6 Å². The lowest BCUT2D eigenvalue weighted by atomic mass is 10.1. The number of halogens is 1. The Morgan fingerprint density at radius 3 is 2.17 bits per heavy atom. The van der Waals surface area contributed by atoms with Gasteiger partial charge in [-0.25, -0.2) is 8.60 Å². The molecule has 1 aliphatic rings. The van der Waals surface area contributed by atoms with Crippen LogP contribution >= 0.6 is 0 Å². The van der Waals surface area contributed by atoms with Crippen molar-refractivity contribution in [3.8, 4) is 11.5 Å². The molecule has 1 aliphatic heterocycles. The molecule has 1 saturated heterocycles. The monoisotopic (exact) mass is 513 g/mol. The molecule has 8 heteroatoms. The van der Waals surface area contributed by atoms with Crippen molar-refractivity contribution in [3.05, 3.63) is 78.1 Å². The lowest BCUT2D eigenvalue weighted by Gasteiger charge is -2.36. The summed E-state index contributed by atoms with van der Waals surface area (Å²) in [4.78, 5) is 5.23. The number of ether oxygens (including phenoxy) is 2. The van der Waals surface area contributed by atoms with Gasteiger partial charge in [-0.1, -0.05) is 26.0 Å². The van der Waals surface area contributed by atoms with E-state index in [1.165, 1.54) is 17.7 Å². The highest BCUT2D eigenvalue weighted by Gasteiger charge is 2.19. The maximum Gasteiger partial charge on any atom is 0.161 e. The fourth-order valence-corrected chi connectivity index (χ4v) is 5.14. The van der Waals surface area contributed by atoms with Crippen LogP contribution in [0.25, 0.3) is 0 Å². The smallest absolute Gasteiger partial charge is 0.161 e. The van der Waals surface area contributed by atoms with Gasteiger partial charge in [-0.2, -0.15) is 0 Å². The summed E-state index contributed by atoms with van der Waals surface area (Å²) in [6, 6.07) is 20.0. The topological polar surface area (TPSA) is 45.2 Å². The lowest BCUT2D eigenvalue weighted by molar-refractivity contribution is 0.249. The van der Waals surface area contributed by atoms with Crippen molar-refractivity contribution < 1.29 is 18.1 Å². The van der Waals surface area contributed by atoms with E-state index in [1.54, 1.807) is 37.7 Å². The van der Waals surface area contributed by atoms with Gasteiger partial charge in [-0.15, -0.1) is 0 Å². The summed E-state index contributed by atoms with van der Waals surface area (Å²) < 4.78 is 38.7. The standard InChI is InChI=1S/C26H30FN3O3S.C2H6/c1-28(34(31)24-6-4-5-21(27)18-24)22-8-10-23(11-9-22)30-15-13-29(14-16-30)19-20-7-12-25(32-2)26(17-20)33-3;1-2/h4-12,17-18H,13-16,19H2,1-3H3;1-2H3. The van der Waals surface area contributed by atoms with Crippen LogP contribution in [0.15, 0.2) is 71.6 Å². The van der Waals surface area contributed by atoms with Gasteiger partial charge < -0.3 is 14.4 Å². The molecule has 0 N–H and O–H groups in total. The number of piperazine rings is 1. The Kier molecular flexibility index (Phi) is 10.1. The van der Waals surface area contributed by atoms with E-state index >= 15 is 0 Å². The van der Waals surface area contributed by atoms with Crippen molar-refractivity contribution in [1.29, 1.82) is 0 Å². The minimum Gasteiger partial charge on any atom is -0.493 e. The Bertz CT molecular complexity index is 1140. The molecule has 3 aromatic carbocycles. The number of methoxy groups -OCH3 is 2. The minimum absolute atomic E-state index is 0.389. The van der Waals surface area contributed by atoms with Crippen molar-refractivity contribution >= 4 is 22.4 Å². The molecule has 3 aromatic rings. The maximum atomic E-state index is 13.5. The van der Waals surface area contributed by atoms with Crippen LogP contribution in [0.5, 0.6) is 11.5 Å². The van der Waals surface area contributed by atoms with Gasteiger partial charge in [0, 0.05) is 51.1 Å². The van der Waals surface area contributed by atoms with Crippen molar-refractivity contribution in [2.45, 2.75) is 25.3 Å². The molecule has 36 heavy (non-hydrogen) atoms. The van der Waals surface area contributed by atoms with Crippen LogP contribution in [-0.2, 0) is 17.5 Å². The molecule has 0 bridgehead atoms. The number of hydrogen-bond acceptors (Lipinski definition) is 5. The number of anilines is 2. The Labute approximate surface area is 216 Å². The summed E-state index contributed by atoms with van der Waals surface area (Å²) in [5.74, 6) is 1.10. The summed E-state index contributed by atoms with van der Waals surface area (Å²) in [5, 5.41) is 0. The van der Waals surface area contributed by atoms with Gasteiger partial charge in [0.1, 0.15) is 5.82 Å². The van der Waals surface area contributed by atoms with E-state index in [0.29, 0.717) is 4.90 Å². The second kappa shape index (κ2) is 13.3. The molecule has 1 fully saturated rings. The molecule has 1 heterocycles. The van der Waals surface area contributed by atoms with Crippen LogP contribution in [0.3, 0.4) is 0 Å². The molecule has 1 atom stereocenters. The zero-order valence-corrected chi connectivity index (χ0v) is 22.6. The minimum atomic E-state index is -1.47. The van der Waals surface area contributed by atoms with Crippen molar-refractivity contribution in [2.75, 3.05) is 56.7 Å². The van der Waals surface area contributed by atoms with E-state index in [2.05, 4.69) is 28.0 Å². The fourth-order valence-electron chi connectivity index (χ4n) is 4.10. The Hall–Kier alpha value is -3.10. The van der Waals surface area contributed by atoms with E-state index in [-0.39, 0.29) is 5.82 Å². The molecule has 6 nitrogen and oxygen atoms in total. The first-order chi connectivity index (χ1) is 17.5. The zero-order chi connectivity index (χ0) is 26.1. The molecule has 1 unspecified atom stereocenters. The third kappa shape index (κ3) is 6.77. The summed E-state index contributed by atoms with van der Waals surface area (Å²) in [5.41, 5.74) is 3.16. The molecule has 0 aromatic heterocycles. The molecule has 0 spiro atoms.